The smallest absolute Gasteiger partial charge is 0.111 e. The number of aryl methyl sites for hydroxylation is 1. The molecule has 0 aliphatic heterocycles. The van der Waals surface area contributed by atoms with Crippen LogP contribution in [-0.4, -0.2) is 33.3 Å². The molecule has 0 saturated heterocycles. The van der Waals surface area contributed by atoms with Crippen LogP contribution in [0.3, 0.4) is 0 Å². The molecule has 4 heteroatoms. The summed E-state index contributed by atoms with van der Waals surface area (Å²) in [7, 11) is 3.97. The molecular formula is C12H21N3O. The molecule has 2 rings (SSSR count). The monoisotopic (exact) mass is 223 g/mol. The molecule has 0 unspecified atom stereocenters. The van der Waals surface area contributed by atoms with Gasteiger partial charge in [-0.1, -0.05) is 0 Å². The Morgan fingerprint density at radius 1 is 1.56 bits per heavy atom. The molecule has 90 valence electrons. The molecule has 0 atom stereocenters. The second-order valence-electron chi connectivity index (χ2n) is 4.92. The van der Waals surface area contributed by atoms with Crippen LogP contribution in [0.25, 0.3) is 0 Å². The summed E-state index contributed by atoms with van der Waals surface area (Å²) in [5.41, 5.74) is -0.549. The molecule has 2 N–H and O–H groups in total. The highest BCUT2D eigenvalue weighted by Gasteiger charge is 2.33. The lowest BCUT2D eigenvalue weighted by molar-refractivity contribution is -0.00455. The molecule has 0 radical (unpaired) electrons. The van der Waals surface area contributed by atoms with Gasteiger partial charge in [-0.15, -0.1) is 0 Å². The summed E-state index contributed by atoms with van der Waals surface area (Å²) in [6, 6.07) is 0.571. The average molecular weight is 223 g/mol. The van der Waals surface area contributed by atoms with Crippen molar-refractivity contribution in [2.45, 2.75) is 43.7 Å². The van der Waals surface area contributed by atoms with Gasteiger partial charge in [0.1, 0.15) is 5.82 Å². The maximum absolute atomic E-state index is 10.5. The van der Waals surface area contributed by atoms with E-state index in [-0.39, 0.29) is 0 Å². The Morgan fingerprint density at radius 3 is 2.75 bits per heavy atom. The summed E-state index contributed by atoms with van der Waals surface area (Å²) < 4.78 is 1.99. The topological polar surface area (TPSA) is 50.1 Å². The minimum Gasteiger partial charge on any atom is -0.389 e. The first-order valence-electron chi connectivity index (χ1n) is 5.99. The van der Waals surface area contributed by atoms with Gasteiger partial charge in [-0.05, 0) is 32.7 Å². The molecular weight excluding hydrogens is 202 g/mol. The van der Waals surface area contributed by atoms with E-state index in [1.807, 2.05) is 24.9 Å². The third-order valence-electron chi connectivity index (χ3n) is 3.73. The highest BCUT2D eigenvalue weighted by atomic mass is 16.3. The fourth-order valence-electron chi connectivity index (χ4n) is 2.48. The SMILES string of the molecule is CNC1CCC(O)(Cc2nccn2C)CC1. The molecule has 1 aromatic rings. The van der Waals surface area contributed by atoms with Crippen LogP contribution in [0, 0.1) is 0 Å². The van der Waals surface area contributed by atoms with Gasteiger partial charge < -0.3 is 15.0 Å². The predicted molar refractivity (Wildman–Crippen MR) is 63.2 cm³/mol. The van der Waals surface area contributed by atoms with E-state index in [9.17, 15) is 5.11 Å². The Labute approximate surface area is 96.7 Å². The normalized spacial score (nSPS) is 30.6. The van der Waals surface area contributed by atoms with Crippen molar-refractivity contribution in [3.05, 3.63) is 18.2 Å². The van der Waals surface area contributed by atoms with Gasteiger partial charge in [-0.3, -0.25) is 0 Å². The van der Waals surface area contributed by atoms with E-state index in [1.165, 1.54) is 0 Å². The molecule has 1 aliphatic rings. The van der Waals surface area contributed by atoms with Gasteiger partial charge in [0.15, 0.2) is 0 Å². The van der Waals surface area contributed by atoms with Gasteiger partial charge in [0.25, 0.3) is 0 Å². The molecule has 4 nitrogen and oxygen atoms in total. The molecule has 0 bridgehead atoms. The molecule has 16 heavy (non-hydrogen) atoms. The number of rotatable bonds is 3. The van der Waals surface area contributed by atoms with Crippen LogP contribution in [0.5, 0.6) is 0 Å². The Balaban J connectivity index is 1.97. The summed E-state index contributed by atoms with van der Waals surface area (Å²) in [6.07, 6.45) is 8.23. The van der Waals surface area contributed by atoms with Crippen molar-refractivity contribution in [1.82, 2.24) is 14.9 Å². The van der Waals surface area contributed by atoms with Crippen LogP contribution in [0.4, 0.5) is 0 Å². The Kier molecular flexibility index (Phi) is 3.30. The Hall–Kier alpha value is -0.870. The van der Waals surface area contributed by atoms with Crippen LogP contribution < -0.4 is 5.32 Å². The maximum Gasteiger partial charge on any atom is 0.111 e. The molecule has 0 spiro atoms. The number of nitrogens with zero attached hydrogens (tertiary/aromatic N) is 2. The lowest BCUT2D eigenvalue weighted by atomic mass is 9.80. The van der Waals surface area contributed by atoms with E-state index < -0.39 is 5.60 Å². The summed E-state index contributed by atoms with van der Waals surface area (Å²) in [5.74, 6) is 0.977. The van der Waals surface area contributed by atoms with Crippen molar-refractivity contribution >= 4 is 0 Å². The summed E-state index contributed by atoms with van der Waals surface area (Å²) >= 11 is 0. The molecule has 1 aliphatic carbocycles. The highest BCUT2D eigenvalue weighted by molar-refractivity contribution is 5.00. The standard InChI is InChI=1S/C12H21N3O/c1-13-10-3-5-12(16,6-4-10)9-11-14-7-8-15(11)2/h7-8,10,13,16H,3-6,9H2,1-2H3. The third kappa shape index (κ3) is 2.44. The van der Waals surface area contributed by atoms with Crippen molar-refractivity contribution in [3.63, 3.8) is 0 Å². The number of imidazole rings is 1. The lowest BCUT2D eigenvalue weighted by Crippen LogP contribution is -2.42. The predicted octanol–water partition coefficient (Wildman–Crippen LogP) is 0.856. The van der Waals surface area contributed by atoms with Gasteiger partial charge in [0, 0.05) is 31.9 Å². The average Bonchev–Trinajstić information content (AvgIpc) is 2.65. The van der Waals surface area contributed by atoms with Crippen molar-refractivity contribution in [3.8, 4) is 0 Å². The first kappa shape index (κ1) is 11.6. The second-order valence-corrected chi connectivity index (χ2v) is 4.92. The van der Waals surface area contributed by atoms with Crippen LogP contribution in [0.1, 0.15) is 31.5 Å². The molecule has 1 aromatic heterocycles. The molecule has 1 heterocycles. The van der Waals surface area contributed by atoms with E-state index in [1.54, 1.807) is 6.20 Å². The first-order valence-corrected chi connectivity index (χ1v) is 5.99. The number of nitrogens with one attached hydrogen (secondary N) is 1. The number of hydrogen-bond donors (Lipinski definition) is 2. The number of aromatic nitrogens is 2. The molecule has 1 saturated carbocycles. The maximum atomic E-state index is 10.5. The van der Waals surface area contributed by atoms with Crippen molar-refractivity contribution < 1.29 is 5.11 Å². The van der Waals surface area contributed by atoms with Gasteiger partial charge in [-0.2, -0.15) is 0 Å². The quantitative estimate of drug-likeness (QED) is 0.799. The van der Waals surface area contributed by atoms with Gasteiger partial charge in [0.05, 0.1) is 5.60 Å². The van der Waals surface area contributed by atoms with E-state index in [0.29, 0.717) is 12.5 Å². The minimum absolute atomic E-state index is 0.549. The summed E-state index contributed by atoms with van der Waals surface area (Å²) in [5, 5.41) is 13.8. The van der Waals surface area contributed by atoms with E-state index >= 15 is 0 Å². The van der Waals surface area contributed by atoms with E-state index in [2.05, 4.69) is 10.3 Å². The largest absolute Gasteiger partial charge is 0.389 e. The molecule has 1 fully saturated rings. The van der Waals surface area contributed by atoms with Crippen LogP contribution in [0.15, 0.2) is 12.4 Å². The third-order valence-corrected chi connectivity index (χ3v) is 3.73. The minimum atomic E-state index is -0.549. The van der Waals surface area contributed by atoms with Crippen molar-refractivity contribution in [1.29, 1.82) is 0 Å². The Morgan fingerprint density at radius 2 is 2.25 bits per heavy atom. The van der Waals surface area contributed by atoms with E-state index in [0.717, 1.165) is 31.5 Å². The van der Waals surface area contributed by atoms with Crippen molar-refractivity contribution in [2.75, 3.05) is 7.05 Å². The zero-order chi connectivity index (χ0) is 11.6. The number of aliphatic hydroxyl groups is 1. The van der Waals surface area contributed by atoms with Gasteiger partial charge in [-0.25, -0.2) is 4.98 Å². The zero-order valence-corrected chi connectivity index (χ0v) is 10.1. The fourth-order valence-corrected chi connectivity index (χ4v) is 2.48. The summed E-state index contributed by atoms with van der Waals surface area (Å²) in [6.45, 7) is 0. The van der Waals surface area contributed by atoms with Crippen LogP contribution >= 0.6 is 0 Å². The highest BCUT2D eigenvalue weighted by Crippen LogP contribution is 2.30. The second kappa shape index (κ2) is 4.55. The fraction of sp³-hybridized carbons (Fsp3) is 0.750. The Bertz CT molecular complexity index is 340. The van der Waals surface area contributed by atoms with Crippen LogP contribution in [0.2, 0.25) is 0 Å². The molecule has 0 amide bonds. The van der Waals surface area contributed by atoms with Gasteiger partial charge >= 0.3 is 0 Å². The molecule has 0 aromatic carbocycles. The number of hydrogen-bond acceptors (Lipinski definition) is 3. The van der Waals surface area contributed by atoms with Crippen molar-refractivity contribution in [2.24, 2.45) is 7.05 Å². The first-order chi connectivity index (χ1) is 7.63. The lowest BCUT2D eigenvalue weighted by Gasteiger charge is -2.35. The van der Waals surface area contributed by atoms with Gasteiger partial charge in [0.2, 0.25) is 0 Å². The van der Waals surface area contributed by atoms with E-state index in [4.69, 9.17) is 0 Å². The zero-order valence-electron chi connectivity index (χ0n) is 10.1. The van der Waals surface area contributed by atoms with Crippen LogP contribution in [-0.2, 0) is 13.5 Å². The summed E-state index contributed by atoms with van der Waals surface area (Å²) in [4.78, 5) is 4.28.